The molecule has 0 bridgehead atoms. The summed E-state index contributed by atoms with van der Waals surface area (Å²) in [5.74, 6) is 0.0425. The van der Waals surface area contributed by atoms with Gasteiger partial charge in [0.2, 0.25) is 10.0 Å². The molecule has 0 saturated carbocycles. The smallest absolute Gasteiger partial charge is 0.243 e. The van der Waals surface area contributed by atoms with Crippen molar-refractivity contribution >= 4 is 15.7 Å². The maximum Gasteiger partial charge on any atom is 0.243 e. The van der Waals surface area contributed by atoms with Gasteiger partial charge in [0.05, 0.1) is 23.6 Å². The first-order valence-corrected chi connectivity index (χ1v) is 9.49. The van der Waals surface area contributed by atoms with E-state index in [1.807, 2.05) is 31.3 Å². The van der Waals surface area contributed by atoms with Gasteiger partial charge in [0.25, 0.3) is 0 Å². The minimum absolute atomic E-state index is 0.0425. The molecule has 24 heavy (non-hydrogen) atoms. The number of likely N-dealkylation sites (N-methyl/N-ethyl adjacent to an activating group) is 1. The predicted molar refractivity (Wildman–Crippen MR) is 92.6 cm³/mol. The summed E-state index contributed by atoms with van der Waals surface area (Å²) in [6.45, 7) is 0.454. The third kappa shape index (κ3) is 2.10. The van der Waals surface area contributed by atoms with Gasteiger partial charge >= 0.3 is 0 Å². The minimum Gasteiger partial charge on any atom is -0.395 e. The van der Waals surface area contributed by atoms with Crippen molar-refractivity contribution in [1.82, 2.24) is 4.31 Å². The molecule has 2 aromatic carbocycles. The van der Waals surface area contributed by atoms with Crippen LogP contribution in [0.15, 0.2) is 59.5 Å². The number of sulfonamides is 1. The monoisotopic (exact) mass is 344 g/mol. The summed E-state index contributed by atoms with van der Waals surface area (Å²) in [6.07, 6.45) is 0. The van der Waals surface area contributed by atoms with Crippen LogP contribution < -0.4 is 4.90 Å². The Labute approximate surface area is 142 Å². The average Bonchev–Trinajstić information content (AvgIpc) is 2.58. The molecule has 1 saturated heterocycles. The SMILES string of the molecule is CN1C[C@H]2[C@@H](c3ccccc31)[C@H](CO)N2S(=O)(=O)c1ccccc1. The van der Waals surface area contributed by atoms with Crippen molar-refractivity contribution < 1.29 is 13.5 Å². The molecular weight excluding hydrogens is 324 g/mol. The van der Waals surface area contributed by atoms with Crippen LogP contribution in [0.3, 0.4) is 0 Å². The van der Waals surface area contributed by atoms with Crippen molar-refractivity contribution in [2.24, 2.45) is 0 Å². The lowest BCUT2D eigenvalue weighted by molar-refractivity contribution is 0.0287. The zero-order valence-electron chi connectivity index (χ0n) is 13.4. The number of aliphatic hydroxyl groups excluding tert-OH is 1. The minimum atomic E-state index is -3.61. The van der Waals surface area contributed by atoms with E-state index in [1.54, 1.807) is 30.3 Å². The molecule has 2 aromatic rings. The normalized spacial score (nSPS) is 26.4. The Morgan fingerprint density at radius 2 is 1.75 bits per heavy atom. The Hall–Kier alpha value is -1.89. The van der Waals surface area contributed by atoms with Crippen LogP contribution >= 0.6 is 0 Å². The fourth-order valence-electron chi connectivity index (χ4n) is 4.09. The van der Waals surface area contributed by atoms with Gasteiger partial charge < -0.3 is 10.0 Å². The van der Waals surface area contributed by atoms with Gasteiger partial charge in [-0.1, -0.05) is 36.4 Å². The van der Waals surface area contributed by atoms with E-state index >= 15 is 0 Å². The highest BCUT2D eigenvalue weighted by Gasteiger charge is 2.57. The summed E-state index contributed by atoms with van der Waals surface area (Å²) in [4.78, 5) is 2.38. The Morgan fingerprint density at radius 1 is 1.08 bits per heavy atom. The van der Waals surface area contributed by atoms with E-state index in [-0.39, 0.29) is 23.5 Å². The van der Waals surface area contributed by atoms with E-state index in [4.69, 9.17) is 0 Å². The lowest BCUT2D eigenvalue weighted by Crippen LogP contribution is -2.69. The zero-order chi connectivity index (χ0) is 16.9. The van der Waals surface area contributed by atoms with Crippen molar-refractivity contribution in [2.45, 2.75) is 22.9 Å². The summed E-state index contributed by atoms with van der Waals surface area (Å²) < 4.78 is 27.6. The van der Waals surface area contributed by atoms with Gasteiger partial charge in [-0.15, -0.1) is 0 Å². The molecule has 0 aromatic heterocycles. The van der Waals surface area contributed by atoms with E-state index < -0.39 is 16.1 Å². The number of nitrogens with zero attached hydrogens (tertiary/aromatic N) is 2. The van der Waals surface area contributed by atoms with Gasteiger partial charge in [0, 0.05) is 25.2 Å². The van der Waals surface area contributed by atoms with Crippen molar-refractivity contribution in [1.29, 1.82) is 0 Å². The van der Waals surface area contributed by atoms with E-state index in [0.717, 1.165) is 11.3 Å². The molecule has 2 aliphatic rings. The van der Waals surface area contributed by atoms with E-state index in [0.29, 0.717) is 6.54 Å². The molecule has 2 aliphatic heterocycles. The van der Waals surface area contributed by atoms with Gasteiger partial charge in [-0.05, 0) is 23.8 Å². The van der Waals surface area contributed by atoms with Gasteiger partial charge in [-0.2, -0.15) is 4.31 Å². The molecule has 0 unspecified atom stereocenters. The van der Waals surface area contributed by atoms with Crippen molar-refractivity contribution in [3.63, 3.8) is 0 Å². The third-order valence-electron chi connectivity index (χ3n) is 5.16. The second-order valence-corrected chi connectivity index (χ2v) is 8.27. The number of hydrogen-bond donors (Lipinski definition) is 1. The second kappa shape index (κ2) is 5.58. The van der Waals surface area contributed by atoms with Crippen LogP contribution in [-0.2, 0) is 10.0 Å². The third-order valence-corrected chi connectivity index (χ3v) is 7.12. The van der Waals surface area contributed by atoms with Crippen molar-refractivity contribution in [3.8, 4) is 0 Å². The Balaban J connectivity index is 1.76. The van der Waals surface area contributed by atoms with Crippen LogP contribution in [0.5, 0.6) is 0 Å². The standard InChI is InChI=1S/C18H20N2O3S/c1-19-11-16-18(14-9-5-6-10-15(14)19)17(12-21)20(16)24(22,23)13-7-3-2-4-8-13/h2-10,16-18,21H,11-12H2,1H3/t16-,17-,18+/m0/s1. The summed E-state index contributed by atoms with van der Waals surface area (Å²) in [6, 6.07) is 16.0. The molecule has 0 radical (unpaired) electrons. The summed E-state index contributed by atoms with van der Waals surface area (Å²) in [5, 5.41) is 9.88. The molecule has 2 heterocycles. The zero-order valence-corrected chi connectivity index (χ0v) is 14.2. The molecule has 0 amide bonds. The molecule has 1 N–H and O–H groups in total. The van der Waals surface area contributed by atoms with Gasteiger partial charge in [-0.25, -0.2) is 8.42 Å². The quantitative estimate of drug-likeness (QED) is 0.920. The first-order valence-electron chi connectivity index (χ1n) is 8.05. The van der Waals surface area contributed by atoms with E-state index in [9.17, 15) is 13.5 Å². The van der Waals surface area contributed by atoms with Crippen LogP contribution in [0.25, 0.3) is 0 Å². The number of rotatable bonds is 3. The van der Waals surface area contributed by atoms with Crippen molar-refractivity contribution in [2.75, 3.05) is 25.1 Å². The van der Waals surface area contributed by atoms with Gasteiger partial charge in [0.1, 0.15) is 0 Å². The Kier molecular flexibility index (Phi) is 3.63. The van der Waals surface area contributed by atoms with Gasteiger partial charge in [-0.3, -0.25) is 0 Å². The number of benzene rings is 2. The summed E-state index contributed by atoms with van der Waals surface area (Å²) >= 11 is 0. The highest BCUT2D eigenvalue weighted by atomic mass is 32.2. The molecule has 1 fully saturated rings. The Morgan fingerprint density at radius 3 is 2.46 bits per heavy atom. The number of aliphatic hydroxyl groups is 1. The predicted octanol–water partition coefficient (Wildman–Crippen LogP) is 1.65. The molecule has 126 valence electrons. The first kappa shape index (κ1) is 15.6. The average molecular weight is 344 g/mol. The molecular formula is C18H20N2O3S. The molecule has 0 spiro atoms. The fraction of sp³-hybridized carbons (Fsp3) is 0.333. The van der Waals surface area contributed by atoms with E-state index in [2.05, 4.69) is 4.90 Å². The Bertz CT molecular complexity index is 854. The summed E-state index contributed by atoms with van der Waals surface area (Å²) in [7, 11) is -1.63. The van der Waals surface area contributed by atoms with Gasteiger partial charge in [0.15, 0.2) is 0 Å². The molecule has 0 aliphatic carbocycles. The molecule has 5 nitrogen and oxygen atoms in total. The highest BCUT2D eigenvalue weighted by molar-refractivity contribution is 7.89. The summed E-state index contributed by atoms with van der Waals surface area (Å²) in [5.41, 5.74) is 2.24. The van der Waals surface area contributed by atoms with Crippen LogP contribution in [0.1, 0.15) is 11.5 Å². The lowest BCUT2D eigenvalue weighted by atomic mass is 9.74. The van der Waals surface area contributed by atoms with Crippen LogP contribution in [0, 0.1) is 0 Å². The lowest BCUT2D eigenvalue weighted by Gasteiger charge is -2.57. The molecule has 3 atom stereocenters. The number of para-hydroxylation sites is 1. The topological polar surface area (TPSA) is 60.9 Å². The van der Waals surface area contributed by atoms with E-state index in [1.165, 1.54) is 4.31 Å². The van der Waals surface area contributed by atoms with Crippen LogP contribution in [0.2, 0.25) is 0 Å². The van der Waals surface area contributed by atoms with Crippen molar-refractivity contribution in [3.05, 3.63) is 60.2 Å². The van der Waals surface area contributed by atoms with Crippen LogP contribution in [-0.4, -0.2) is 50.1 Å². The van der Waals surface area contributed by atoms with Crippen LogP contribution in [0.4, 0.5) is 5.69 Å². The highest BCUT2D eigenvalue weighted by Crippen LogP contribution is 2.49. The molecule has 4 rings (SSSR count). The molecule has 6 heteroatoms. The number of fused-ring (bicyclic) bond motifs is 3. The second-order valence-electron chi connectivity index (χ2n) is 6.43. The maximum absolute atomic E-state index is 13.1. The first-order chi connectivity index (χ1) is 11.6. The number of anilines is 1. The largest absolute Gasteiger partial charge is 0.395 e. The maximum atomic E-state index is 13.1. The fourth-order valence-corrected chi connectivity index (χ4v) is 5.94. The number of hydrogen-bond acceptors (Lipinski definition) is 4.